The fourth-order valence-corrected chi connectivity index (χ4v) is 5.85. The average molecular weight is 785 g/mol. The Hall–Kier alpha value is -5.31. The van der Waals surface area contributed by atoms with Gasteiger partial charge in [0.1, 0.15) is 22.2 Å². The number of nitrogens with zero attached hydrogens (tertiary/aromatic N) is 6. The molecule has 6 rings (SSSR count). The Kier molecular flexibility index (Phi) is 11.5. The van der Waals surface area contributed by atoms with Crippen LogP contribution < -0.4 is 5.56 Å². The molecule has 6 aromatic rings. The van der Waals surface area contributed by atoms with Gasteiger partial charge in [-0.25, -0.2) is 4.68 Å². The first-order valence-corrected chi connectivity index (χ1v) is 17.1. The van der Waals surface area contributed by atoms with Crippen LogP contribution in [0.3, 0.4) is 0 Å². The molecule has 0 fully saturated rings. The Bertz CT molecular complexity index is 2490. The van der Waals surface area contributed by atoms with E-state index < -0.39 is 43.2 Å². The number of benzene rings is 4. The van der Waals surface area contributed by atoms with E-state index in [9.17, 15) is 36.5 Å². The third kappa shape index (κ3) is 8.71. The first-order valence-electron chi connectivity index (χ1n) is 14.1. The van der Waals surface area contributed by atoms with E-state index in [1.54, 1.807) is 31.3 Å². The summed E-state index contributed by atoms with van der Waals surface area (Å²) < 4.78 is 63.6. The molecule has 17 nitrogen and oxygen atoms in total. The van der Waals surface area contributed by atoms with E-state index in [0.717, 1.165) is 29.1 Å². The van der Waals surface area contributed by atoms with Crippen molar-refractivity contribution in [3.8, 4) is 11.4 Å². The summed E-state index contributed by atoms with van der Waals surface area (Å²) in [5.74, 6) is -1.31. The van der Waals surface area contributed by atoms with E-state index in [1.165, 1.54) is 36.4 Å². The van der Waals surface area contributed by atoms with Gasteiger partial charge in [-0.15, -0.1) is 15.3 Å². The molecule has 0 aliphatic carbocycles. The molecule has 0 spiro atoms. The van der Waals surface area contributed by atoms with Gasteiger partial charge < -0.3 is 23.9 Å². The predicted octanol–water partition coefficient (Wildman–Crippen LogP) is 7.63. The molecule has 0 aliphatic heterocycles. The van der Waals surface area contributed by atoms with Crippen molar-refractivity contribution in [3.05, 3.63) is 101 Å². The van der Waals surface area contributed by atoms with Crippen LogP contribution in [0.25, 0.3) is 27.4 Å². The molecular weight excluding hydrogens is 758 g/mol. The first kappa shape index (κ1) is 38.5. The number of para-hydroxylation sites is 1. The van der Waals surface area contributed by atoms with Crippen molar-refractivity contribution in [2.75, 3.05) is 0 Å². The molecule has 0 unspecified atom stereocenters. The first-order chi connectivity index (χ1) is 23.5. The fourth-order valence-electron chi connectivity index (χ4n) is 4.69. The molecule has 51 heavy (non-hydrogen) atoms. The molecule has 0 aliphatic rings. The summed E-state index contributed by atoms with van der Waals surface area (Å²) in [7, 11) is -8.79. The summed E-state index contributed by atoms with van der Waals surface area (Å²) in [5, 5.41) is 39.0. The van der Waals surface area contributed by atoms with Crippen LogP contribution in [-0.2, 0) is 32.0 Å². The molecule has 0 bridgehead atoms. The number of hydrogen-bond acceptors (Lipinski definition) is 13. The molecule has 1 radical (unpaired) electrons. The number of carboxylic acid groups (broad SMARTS) is 1. The Morgan fingerprint density at radius 1 is 0.843 bits per heavy atom. The van der Waals surface area contributed by atoms with E-state index in [-0.39, 0.29) is 55.5 Å². The number of aliphatic carboxylic acids is 1. The number of aromatic nitrogens is 3. The maximum absolute atomic E-state index is 13.1. The third-order valence-corrected chi connectivity index (χ3v) is 8.67. The normalized spacial score (nSPS) is 12.2. The molecule has 7 N–H and O–H groups in total. The van der Waals surface area contributed by atoms with Gasteiger partial charge >= 0.3 is 0 Å². The van der Waals surface area contributed by atoms with Crippen molar-refractivity contribution in [2.45, 2.75) is 23.6 Å². The van der Waals surface area contributed by atoms with Crippen LogP contribution in [0.5, 0.6) is 5.75 Å². The van der Waals surface area contributed by atoms with Crippen molar-refractivity contribution in [1.82, 2.24) is 14.8 Å². The van der Waals surface area contributed by atoms with Gasteiger partial charge in [0.15, 0.2) is 11.4 Å². The van der Waals surface area contributed by atoms with E-state index >= 15 is 0 Å². The number of pyridine rings is 1. The van der Waals surface area contributed by atoms with Crippen LogP contribution in [0.1, 0.15) is 12.6 Å². The number of H-pyrrole nitrogens is 1. The van der Waals surface area contributed by atoms with Gasteiger partial charge in [-0.1, -0.05) is 18.2 Å². The molecule has 0 saturated carbocycles. The molecule has 269 valence electrons. The summed E-state index contributed by atoms with van der Waals surface area (Å²) in [6.45, 7) is 2.67. The largest absolute Gasteiger partial charge is 0.505 e. The second kappa shape index (κ2) is 15.3. The number of azo groups is 2. The minimum absolute atomic E-state index is 0. The molecule has 0 amide bonds. The van der Waals surface area contributed by atoms with E-state index in [1.807, 2.05) is 12.1 Å². The number of phenols is 1. The minimum Gasteiger partial charge on any atom is -0.505 e. The summed E-state index contributed by atoms with van der Waals surface area (Å²) in [6, 6.07) is 19.4. The number of carbonyl (C=O) groups is 1. The van der Waals surface area contributed by atoms with Crippen molar-refractivity contribution >= 4 is 71.4 Å². The molecular formula is C31H27CuN7O10S2. The van der Waals surface area contributed by atoms with Gasteiger partial charge in [-0.3, -0.25) is 24.2 Å². The molecule has 20 heteroatoms. The average Bonchev–Trinajstić information content (AvgIpc) is 3.34. The van der Waals surface area contributed by atoms with E-state index in [0.29, 0.717) is 16.9 Å². The fraction of sp³-hybridized carbons (Fsp3) is 0.0645. The third-order valence-electron chi connectivity index (χ3n) is 6.90. The number of aromatic amines is 1. The zero-order valence-corrected chi connectivity index (χ0v) is 28.8. The molecule has 0 atom stereocenters. The number of fused-ring (bicyclic) bond motifs is 2. The number of aryl methyl sites for hydroxylation is 1. The van der Waals surface area contributed by atoms with Crippen LogP contribution in [0.15, 0.2) is 120 Å². The van der Waals surface area contributed by atoms with E-state index in [4.69, 9.17) is 9.90 Å². The van der Waals surface area contributed by atoms with Crippen LogP contribution in [-0.4, -0.2) is 57.6 Å². The number of nitrogens with one attached hydrogen (secondary N) is 1. The monoisotopic (exact) mass is 784 g/mol. The minimum atomic E-state index is -4.41. The zero-order valence-electron chi connectivity index (χ0n) is 26.2. The molecule has 2 heterocycles. The van der Waals surface area contributed by atoms with Gasteiger partial charge in [0.2, 0.25) is 0 Å². The standard InChI is InChI=1S/C29H23N7O8S2.C2H4O2.Cu/c1-16-25(29(38)36(35-16)20-8-10-21(11-9-20)45(39,40)41)33-31-19-7-12-22-18(14-19)15-24(46(42,43)44)27(28(22)37)34-32-23-6-2-4-17-5-3-13-30-26(17)23;1-2(3)4;/h2-15,35,37,42-44H,1H3,(H,39,40,41);1H3,(H,3,4);. The number of phenolic OH excluding ortho intramolecular Hbond substituents is 1. The van der Waals surface area contributed by atoms with Crippen molar-refractivity contribution < 1.29 is 58.7 Å². The summed E-state index contributed by atoms with van der Waals surface area (Å²) in [5.41, 5.74) is 0.724. The van der Waals surface area contributed by atoms with Gasteiger partial charge in [-0.2, -0.15) is 13.5 Å². The maximum atomic E-state index is 13.1. The maximum Gasteiger partial charge on any atom is 0.300 e. The number of rotatable bonds is 7. The van der Waals surface area contributed by atoms with Crippen LogP contribution in [0.4, 0.5) is 22.7 Å². The van der Waals surface area contributed by atoms with Gasteiger partial charge in [-0.05, 0) is 73.0 Å². The van der Waals surface area contributed by atoms with Crippen LogP contribution in [0.2, 0.25) is 0 Å². The second-order valence-corrected chi connectivity index (χ2v) is 13.4. The molecule has 0 saturated heterocycles. The molecule has 2 aromatic heterocycles. The number of hydrogen-bond donors (Lipinski definition) is 7. The van der Waals surface area contributed by atoms with E-state index in [2.05, 4.69) is 30.5 Å². The Morgan fingerprint density at radius 2 is 1.49 bits per heavy atom. The van der Waals surface area contributed by atoms with Gasteiger partial charge in [0.05, 0.1) is 32.4 Å². The Labute approximate surface area is 300 Å². The van der Waals surface area contributed by atoms with Crippen LogP contribution >= 0.6 is 10.9 Å². The second-order valence-electron chi connectivity index (χ2n) is 10.5. The van der Waals surface area contributed by atoms with Gasteiger partial charge in [0.25, 0.3) is 21.6 Å². The SMILES string of the molecule is CC(=O)O.Cc1[nH]n(-c2ccc(S(=O)(=O)O)cc2)c(=O)c1N=Nc1ccc2c(O)c(N=Nc3cccc4cccnc34)c(S(O)(O)O)cc2c1.[Cu]. The Balaban J connectivity index is 0.00000111. The topological polar surface area (TPSA) is 273 Å². The van der Waals surface area contributed by atoms with Crippen LogP contribution in [0, 0.1) is 6.92 Å². The van der Waals surface area contributed by atoms with Gasteiger partial charge in [0, 0.05) is 41.0 Å². The predicted molar refractivity (Wildman–Crippen MR) is 184 cm³/mol. The smallest absolute Gasteiger partial charge is 0.300 e. The number of carboxylic acids is 1. The Morgan fingerprint density at radius 3 is 2.14 bits per heavy atom. The van der Waals surface area contributed by atoms with Crippen molar-refractivity contribution in [2.24, 2.45) is 20.5 Å². The number of aromatic hydroxyl groups is 1. The summed E-state index contributed by atoms with van der Waals surface area (Å²) >= 11 is 0. The van der Waals surface area contributed by atoms with Crippen molar-refractivity contribution in [3.63, 3.8) is 0 Å². The molecule has 4 aromatic carbocycles. The zero-order chi connectivity index (χ0) is 36.4. The van der Waals surface area contributed by atoms with Crippen molar-refractivity contribution in [1.29, 1.82) is 0 Å². The summed E-state index contributed by atoms with van der Waals surface area (Å²) in [4.78, 5) is 25.5. The quantitative estimate of drug-likeness (QED) is 0.0469. The summed E-state index contributed by atoms with van der Waals surface area (Å²) in [6.07, 6.45) is 1.58.